The number of nitrogens with one attached hydrogen (secondary N) is 1. The van der Waals surface area contributed by atoms with Crippen molar-refractivity contribution in [2.24, 2.45) is 0 Å². The summed E-state index contributed by atoms with van der Waals surface area (Å²) in [6, 6.07) is 11.2. The van der Waals surface area contributed by atoms with Gasteiger partial charge in [0.25, 0.3) is 0 Å². The molecule has 1 aromatic heterocycles. The lowest BCUT2D eigenvalue weighted by atomic mass is 10.2. The molecule has 2 rings (SSSR count). The van der Waals surface area contributed by atoms with Gasteiger partial charge < -0.3 is 10.1 Å². The van der Waals surface area contributed by atoms with Crippen LogP contribution in [0.15, 0.2) is 40.9 Å². The summed E-state index contributed by atoms with van der Waals surface area (Å²) >= 11 is 5.08. The Morgan fingerprint density at radius 3 is 2.70 bits per heavy atom. The fourth-order valence-electron chi connectivity index (χ4n) is 1.81. The lowest BCUT2D eigenvalue weighted by Gasteiger charge is -2.18. The van der Waals surface area contributed by atoms with Crippen LogP contribution >= 0.6 is 27.3 Å². The molecule has 1 heterocycles. The monoisotopic (exact) mass is 353 g/mol. The molecule has 0 spiro atoms. The van der Waals surface area contributed by atoms with Gasteiger partial charge in [-0.1, -0.05) is 12.1 Å². The Hall–Kier alpha value is -1.33. The van der Waals surface area contributed by atoms with E-state index < -0.39 is 6.04 Å². The number of para-hydroxylation sites is 1. The third-order valence-corrected chi connectivity index (χ3v) is 4.50. The molecule has 0 saturated heterocycles. The van der Waals surface area contributed by atoms with Gasteiger partial charge in [0.2, 0.25) is 0 Å². The molecule has 5 heteroatoms. The number of benzene rings is 1. The number of thiophene rings is 1. The van der Waals surface area contributed by atoms with Crippen LogP contribution in [0.5, 0.6) is 0 Å². The smallest absolute Gasteiger partial charge is 0.334 e. The maximum Gasteiger partial charge on any atom is 0.334 e. The maximum atomic E-state index is 12.2. The van der Waals surface area contributed by atoms with Crippen LogP contribution in [-0.4, -0.2) is 12.6 Å². The molecule has 0 bridgehead atoms. The second-order valence-electron chi connectivity index (χ2n) is 4.26. The van der Waals surface area contributed by atoms with Gasteiger partial charge in [-0.2, -0.15) is 0 Å². The van der Waals surface area contributed by atoms with Crippen LogP contribution in [0.2, 0.25) is 0 Å². The molecular weight excluding hydrogens is 338 g/mol. The van der Waals surface area contributed by atoms with Crippen molar-refractivity contribution in [2.45, 2.75) is 19.9 Å². The molecule has 2 aromatic rings. The number of aryl methyl sites for hydroxylation is 1. The minimum Gasteiger partial charge on any atom is -0.464 e. The standard InChI is InChI=1S/C15H16BrNO2S/c1-3-19-15(18)14(13-9-8-10(2)20-13)17-12-7-5-4-6-11(12)16/h4-9,14,17H,3H2,1-2H3. The normalized spacial score (nSPS) is 11.9. The van der Waals surface area contributed by atoms with E-state index in [0.29, 0.717) is 6.61 Å². The van der Waals surface area contributed by atoms with Crippen molar-refractivity contribution < 1.29 is 9.53 Å². The van der Waals surface area contributed by atoms with Crippen LogP contribution in [0.1, 0.15) is 22.7 Å². The molecule has 0 aliphatic heterocycles. The highest BCUT2D eigenvalue weighted by Gasteiger charge is 2.24. The van der Waals surface area contributed by atoms with E-state index in [1.54, 1.807) is 11.3 Å². The molecule has 0 fully saturated rings. The Labute approximate surface area is 131 Å². The summed E-state index contributed by atoms with van der Waals surface area (Å²) in [5.41, 5.74) is 0.872. The highest BCUT2D eigenvalue weighted by molar-refractivity contribution is 9.10. The van der Waals surface area contributed by atoms with E-state index in [1.165, 1.54) is 4.88 Å². The average Bonchev–Trinajstić information content (AvgIpc) is 2.84. The molecule has 1 aromatic carbocycles. The first kappa shape index (κ1) is 15.1. The number of halogens is 1. The summed E-state index contributed by atoms with van der Waals surface area (Å²) in [5.74, 6) is -0.259. The quantitative estimate of drug-likeness (QED) is 0.802. The van der Waals surface area contributed by atoms with Crippen LogP contribution in [0.25, 0.3) is 0 Å². The molecular formula is C15H16BrNO2S. The first-order chi connectivity index (χ1) is 9.61. The summed E-state index contributed by atoms with van der Waals surface area (Å²) in [4.78, 5) is 14.3. The molecule has 20 heavy (non-hydrogen) atoms. The summed E-state index contributed by atoms with van der Waals surface area (Å²) in [6.45, 7) is 4.21. The summed E-state index contributed by atoms with van der Waals surface area (Å²) in [5, 5.41) is 3.25. The lowest BCUT2D eigenvalue weighted by molar-refractivity contribution is -0.144. The van der Waals surface area contributed by atoms with Gasteiger partial charge in [0.15, 0.2) is 6.04 Å². The maximum absolute atomic E-state index is 12.2. The molecule has 3 nitrogen and oxygen atoms in total. The highest BCUT2D eigenvalue weighted by atomic mass is 79.9. The number of rotatable bonds is 5. The van der Waals surface area contributed by atoms with E-state index in [2.05, 4.69) is 21.2 Å². The molecule has 1 N–H and O–H groups in total. The van der Waals surface area contributed by atoms with Gasteiger partial charge in [-0.05, 0) is 54.0 Å². The van der Waals surface area contributed by atoms with Crippen molar-refractivity contribution >= 4 is 38.9 Å². The van der Waals surface area contributed by atoms with E-state index in [1.807, 2.05) is 50.2 Å². The Morgan fingerprint density at radius 1 is 1.35 bits per heavy atom. The van der Waals surface area contributed by atoms with E-state index in [-0.39, 0.29) is 5.97 Å². The first-order valence-corrected chi connectivity index (χ1v) is 7.96. The fourth-order valence-corrected chi connectivity index (χ4v) is 3.13. The third-order valence-electron chi connectivity index (χ3n) is 2.74. The lowest BCUT2D eigenvalue weighted by Crippen LogP contribution is -2.22. The Morgan fingerprint density at radius 2 is 2.10 bits per heavy atom. The Bertz CT molecular complexity index is 597. The predicted octanol–water partition coefficient (Wildman–Crippen LogP) is 4.54. The van der Waals surface area contributed by atoms with E-state index >= 15 is 0 Å². The minimum atomic E-state index is -0.479. The van der Waals surface area contributed by atoms with Gasteiger partial charge >= 0.3 is 5.97 Å². The number of carbonyl (C=O) groups excluding carboxylic acids is 1. The zero-order chi connectivity index (χ0) is 14.5. The number of anilines is 1. The van der Waals surface area contributed by atoms with E-state index in [0.717, 1.165) is 15.0 Å². The first-order valence-electron chi connectivity index (χ1n) is 6.36. The molecule has 1 unspecified atom stereocenters. The fraction of sp³-hybridized carbons (Fsp3) is 0.267. The van der Waals surface area contributed by atoms with Gasteiger partial charge in [0.05, 0.1) is 6.61 Å². The van der Waals surface area contributed by atoms with Crippen molar-refractivity contribution in [3.63, 3.8) is 0 Å². The topological polar surface area (TPSA) is 38.3 Å². The van der Waals surface area contributed by atoms with E-state index in [9.17, 15) is 4.79 Å². The molecule has 0 aliphatic rings. The number of carbonyl (C=O) groups is 1. The van der Waals surface area contributed by atoms with Gasteiger partial charge in [-0.15, -0.1) is 11.3 Å². The van der Waals surface area contributed by atoms with Crippen LogP contribution < -0.4 is 5.32 Å². The Balaban J connectivity index is 2.27. The van der Waals surface area contributed by atoms with Gasteiger partial charge in [0, 0.05) is 19.9 Å². The van der Waals surface area contributed by atoms with Crippen molar-refractivity contribution in [1.29, 1.82) is 0 Å². The molecule has 0 amide bonds. The zero-order valence-electron chi connectivity index (χ0n) is 11.4. The predicted molar refractivity (Wildman–Crippen MR) is 86.2 cm³/mol. The molecule has 1 atom stereocenters. The highest BCUT2D eigenvalue weighted by Crippen LogP contribution is 2.30. The van der Waals surface area contributed by atoms with Crippen LogP contribution in [0.3, 0.4) is 0 Å². The molecule has 106 valence electrons. The molecule has 0 saturated carbocycles. The van der Waals surface area contributed by atoms with Crippen molar-refractivity contribution in [3.05, 3.63) is 50.6 Å². The third kappa shape index (κ3) is 3.61. The van der Waals surface area contributed by atoms with Crippen LogP contribution in [0, 0.1) is 6.92 Å². The minimum absolute atomic E-state index is 0.259. The molecule has 0 radical (unpaired) electrons. The number of ether oxygens (including phenoxy) is 1. The van der Waals surface area contributed by atoms with Crippen LogP contribution in [0.4, 0.5) is 5.69 Å². The van der Waals surface area contributed by atoms with Crippen molar-refractivity contribution in [1.82, 2.24) is 0 Å². The van der Waals surface area contributed by atoms with Gasteiger partial charge in [-0.3, -0.25) is 0 Å². The number of esters is 1. The van der Waals surface area contributed by atoms with Gasteiger partial charge in [-0.25, -0.2) is 4.79 Å². The summed E-state index contributed by atoms with van der Waals surface area (Å²) < 4.78 is 6.09. The summed E-state index contributed by atoms with van der Waals surface area (Å²) in [7, 11) is 0. The summed E-state index contributed by atoms with van der Waals surface area (Å²) in [6.07, 6.45) is 0. The van der Waals surface area contributed by atoms with Crippen LogP contribution in [-0.2, 0) is 9.53 Å². The largest absolute Gasteiger partial charge is 0.464 e. The van der Waals surface area contributed by atoms with Crippen molar-refractivity contribution in [2.75, 3.05) is 11.9 Å². The van der Waals surface area contributed by atoms with Crippen molar-refractivity contribution in [3.8, 4) is 0 Å². The average molecular weight is 354 g/mol. The second kappa shape index (κ2) is 6.90. The number of hydrogen-bond acceptors (Lipinski definition) is 4. The SMILES string of the molecule is CCOC(=O)C(Nc1ccccc1Br)c1ccc(C)s1. The molecule has 0 aliphatic carbocycles. The Kier molecular flexibility index (Phi) is 5.20. The second-order valence-corrected chi connectivity index (χ2v) is 6.43. The van der Waals surface area contributed by atoms with Gasteiger partial charge in [0.1, 0.15) is 0 Å². The zero-order valence-corrected chi connectivity index (χ0v) is 13.8. The van der Waals surface area contributed by atoms with E-state index in [4.69, 9.17) is 4.74 Å². The number of hydrogen-bond donors (Lipinski definition) is 1.